The van der Waals surface area contributed by atoms with Crippen LogP contribution in [-0.2, 0) is 17.6 Å². The largest absolute Gasteiger partial charge is 0.507 e. The first-order valence-corrected chi connectivity index (χ1v) is 8.31. The minimum atomic E-state index is -0.842. The average molecular weight is 347 g/mol. The van der Waals surface area contributed by atoms with Crippen LogP contribution in [0.25, 0.3) is 0 Å². The fourth-order valence-electron chi connectivity index (χ4n) is 3.33. The fourth-order valence-corrected chi connectivity index (χ4v) is 3.33. The summed E-state index contributed by atoms with van der Waals surface area (Å²) in [5, 5.41) is 22.5. The van der Waals surface area contributed by atoms with E-state index in [2.05, 4.69) is 5.32 Å². The van der Waals surface area contributed by atoms with Gasteiger partial charge in [-0.3, -0.25) is 9.59 Å². The van der Waals surface area contributed by atoms with Crippen molar-refractivity contribution in [3.05, 3.63) is 33.9 Å². The highest BCUT2D eigenvalue weighted by Crippen LogP contribution is 2.42. The number of methoxy groups -OCH3 is 1. The Morgan fingerprint density at radius 2 is 2.08 bits per heavy atom. The van der Waals surface area contributed by atoms with Crippen LogP contribution in [0.3, 0.4) is 0 Å². The van der Waals surface area contributed by atoms with E-state index in [-0.39, 0.29) is 24.0 Å². The van der Waals surface area contributed by atoms with Gasteiger partial charge in [-0.1, -0.05) is 11.6 Å². The molecule has 0 amide bonds. The van der Waals surface area contributed by atoms with E-state index in [0.29, 0.717) is 36.1 Å². The van der Waals surface area contributed by atoms with Crippen LogP contribution < -0.4 is 10.1 Å². The van der Waals surface area contributed by atoms with E-state index in [0.717, 1.165) is 16.7 Å². The molecule has 0 spiro atoms. The SMILES string of the molecule is CNC1Cc2c(C)c(OC)c(C/C=C(\C)CCC(=O)O)c(O)c2C1=O. The second-order valence-electron chi connectivity index (χ2n) is 6.40. The number of Topliss-reactive ketones (excluding diaryl/α,β-unsaturated/α-hetero) is 1. The maximum Gasteiger partial charge on any atom is 0.303 e. The van der Waals surface area contributed by atoms with Gasteiger partial charge in [0.25, 0.3) is 0 Å². The predicted molar refractivity (Wildman–Crippen MR) is 94.6 cm³/mol. The highest BCUT2D eigenvalue weighted by molar-refractivity contribution is 6.07. The zero-order valence-electron chi connectivity index (χ0n) is 15.1. The summed E-state index contributed by atoms with van der Waals surface area (Å²) in [5.41, 5.74) is 3.56. The lowest BCUT2D eigenvalue weighted by Gasteiger charge is -2.17. The molecule has 1 unspecified atom stereocenters. The van der Waals surface area contributed by atoms with Gasteiger partial charge in [-0.25, -0.2) is 0 Å². The Morgan fingerprint density at radius 1 is 1.40 bits per heavy atom. The molecule has 3 N–H and O–H groups in total. The maximum atomic E-state index is 12.5. The number of hydrogen-bond donors (Lipinski definition) is 3. The molecule has 0 bridgehead atoms. The molecule has 1 aromatic carbocycles. The van der Waals surface area contributed by atoms with Crippen molar-refractivity contribution in [3.63, 3.8) is 0 Å². The second kappa shape index (κ2) is 7.70. The number of benzene rings is 1. The summed E-state index contributed by atoms with van der Waals surface area (Å²) in [4.78, 5) is 23.2. The maximum absolute atomic E-state index is 12.5. The second-order valence-corrected chi connectivity index (χ2v) is 6.40. The summed E-state index contributed by atoms with van der Waals surface area (Å²) in [6.45, 7) is 3.75. The first kappa shape index (κ1) is 19.0. The molecular formula is C19H25NO5. The number of aromatic hydroxyl groups is 1. The lowest BCUT2D eigenvalue weighted by Crippen LogP contribution is -2.30. The van der Waals surface area contributed by atoms with Gasteiger partial charge in [0.2, 0.25) is 0 Å². The lowest BCUT2D eigenvalue weighted by molar-refractivity contribution is -0.136. The molecule has 1 aliphatic rings. The van der Waals surface area contributed by atoms with E-state index >= 15 is 0 Å². The first-order valence-electron chi connectivity index (χ1n) is 8.31. The topological polar surface area (TPSA) is 95.9 Å². The molecule has 0 aromatic heterocycles. The number of phenolic OH excluding ortho intramolecular Hbond substituents is 1. The van der Waals surface area contributed by atoms with Crippen LogP contribution in [0.2, 0.25) is 0 Å². The van der Waals surface area contributed by atoms with E-state index in [9.17, 15) is 14.7 Å². The number of aliphatic carboxylic acids is 1. The van der Waals surface area contributed by atoms with Crippen molar-refractivity contribution in [1.29, 1.82) is 0 Å². The van der Waals surface area contributed by atoms with E-state index in [4.69, 9.17) is 9.84 Å². The number of carboxylic acid groups (broad SMARTS) is 1. The van der Waals surface area contributed by atoms with Crippen LogP contribution >= 0.6 is 0 Å². The monoisotopic (exact) mass is 347 g/mol. The third-order valence-corrected chi connectivity index (χ3v) is 4.80. The van der Waals surface area contributed by atoms with Crippen LogP contribution in [0.15, 0.2) is 11.6 Å². The predicted octanol–water partition coefficient (Wildman–Crippen LogP) is 2.39. The number of nitrogens with one attached hydrogen (secondary N) is 1. The fraction of sp³-hybridized carbons (Fsp3) is 0.474. The van der Waals surface area contributed by atoms with Crippen LogP contribution in [0, 0.1) is 6.92 Å². The van der Waals surface area contributed by atoms with E-state index in [1.54, 1.807) is 14.2 Å². The molecule has 0 saturated carbocycles. The molecule has 1 aromatic rings. The zero-order chi connectivity index (χ0) is 18.7. The average Bonchev–Trinajstić information content (AvgIpc) is 2.91. The number of allylic oxidation sites excluding steroid dienone is 2. The van der Waals surface area contributed by atoms with Crippen LogP contribution in [0.4, 0.5) is 0 Å². The van der Waals surface area contributed by atoms with Gasteiger partial charge in [-0.05, 0) is 51.3 Å². The van der Waals surface area contributed by atoms with Crippen molar-refractivity contribution < 1.29 is 24.5 Å². The van der Waals surface area contributed by atoms with Crippen molar-refractivity contribution in [3.8, 4) is 11.5 Å². The van der Waals surface area contributed by atoms with E-state index in [1.165, 1.54) is 0 Å². The highest BCUT2D eigenvalue weighted by atomic mass is 16.5. The summed E-state index contributed by atoms with van der Waals surface area (Å²) >= 11 is 0. The van der Waals surface area contributed by atoms with E-state index in [1.807, 2.05) is 19.9 Å². The quantitative estimate of drug-likeness (QED) is 0.656. The minimum absolute atomic E-state index is 0.0255. The van der Waals surface area contributed by atoms with Gasteiger partial charge in [0.15, 0.2) is 5.78 Å². The number of rotatable bonds is 7. The molecule has 1 atom stereocenters. The number of hydrogen-bond acceptors (Lipinski definition) is 5. The molecule has 0 saturated heterocycles. The number of phenols is 1. The van der Waals surface area contributed by atoms with Crippen LogP contribution in [-0.4, -0.2) is 42.2 Å². The minimum Gasteiger partial charge on any atom is -0.507 e. The molecular weight excluding hydrogens is 322 g/mol. The molecule has 25 heavy (non-hydrogen) atoms. The third-order valence-electron chi connectivity index (χ3n) is 4.80. The molecule has 136 valence electrons. The van der Waals surface area contributed by atoms with E-state index < -0.39 is 5.97 Å². The molecule has 6 nitrogen and oxygen atoms in total. The summed E-state index contributed by atoms with van der Waals surface area (Å²) in [6, 6.07) is -0.326. The number of ketones is 1. The Hall–Kier alpha value is -2.34. The van der Waals surface area contributed by atoms with Gasteiger partial charge >= 0.3 is 5.97 Å². The van der Waals surface area contributed by atoms with Crippen molar-refractivity contribution in [2.24, 2.45) is 0 Å². The molecule has 0 aliphatic heterocycles. The molecule has 6 heteroatoms. The number of carbonyl (C=O) groups is 2. The smallest absolute Gasteiger partial charge is 0.303 e. The Morgan fingerprint density at radius 3 is 2.64 bits per heavy atom. The summed E-state index contributed by atoms with van der Waals surface area (Å²) in [5.74, 6) is -0.385. The van der Waals surface area contributed by atoms with Gasteiger partial charge < -0.3 is 20.3 Å². The Bertz CT molecular complexity index is 736. The van der Waals surface area contributed by atoms with Crippen LogP contribution in [0.1, 0.15) is 46.8 Å². The Kier molecular flexibility index (Phi) is 5.85. The van der Waals surface area contributed by atoms with Crippen molar-refractivity contribution in [2.45, 2.75) is 45.6 Å². The van der Waals surface area contributed by atoms with Gasteiger partial charge in [-0.2, -0.15) is 0 Å². The number of carbonyl (C=O) groups excluding carboxylic acids is 1. The van der Waals surface area contributed by atoms with Crippen LogP contribution in [0.5, 0.6) is 11.5 Å². The number of likely N-dealkylation sites (N-methyl/N-ethyl adjacent to an activating group) is 1. The van der Waals surface area contributed by atoms with Crippen molar-refractivity contribution in [2.75, 3.05) is 14.2 Å². The first-order chi connectivity index (χ1) is 11.8. The standard InChI is InChI=1S/C19H25NO5/c1-10(6-8-15(21)22)5-7-12-17(23)16-13(11(2)19(12)25-4)9-14(20-3)18(16)24/h5,14,20,23H,6-9H2,1-4H3,(H,21,22)/b10-5+. The summed E-state index contributed by atoms with van der Waals surface area (Å²) < 4.78 is 5.50. The molecule has 0 fully saturated rings. The number of carboxylic acids is 1. The normalized spacial score (nSPS) is 16.9. The molecule has 1 aliphatic carbocycles. The van der Waals surface area contributed by atoms with Gasteiger partial charge in [0, 0.05) is 12.0 Å². The summed E-state index contributed by atoms with van der Waals surface area (Å²) in [6.07, 6.45) is 3.31. The molecule has 0 radical (unpaired) electrons. The lowest BCUT2D eigenvalue weighted by atomic mass is 9.94. The highest BCUT2D eigenvalue weighted by Gasteiger charge is 2.36. The Balaban J connectivity index is 2.41. The number of ether oxygens (including phenoxy) is 1. The van der Waals surface area contributed by atoms with Crippen molar-refractivity contribution in [1.82, 2.24) is 5.32 Å². The van der Waals surface area contributed by atoms with Crippen molar-refractivity contribution >= 4 is 11.8 Å². The zero-order valence-corrected chi connectivity index (χ0v) is 15.1. The Labute approximate surface area is 147 Å². The third kappa shape index (κ3) is 3.69. The summed E-state index contributed by atoms with van der Waals surface area (Å²) in [7, 11) is 3.28. The molecule has 0 heterocycles. The number of fused-ring (bicyclic) bond motifs is 1. The van der Waals surface area contributed by atoms with Gasteiger partial charge in [0.05, 0.1) is 18.7 Å². The molecule has 2 rings (SSSR count). The van der Waals surface area contributed by atoms with Gasteiger partial charge in [0.1, 0.15) is 11.5 Å². The van der Waals surface area contributed by atoms with Gasteiger partial charge in [-0.15, -0.1) is 0 Å².